The van der Waals surface area contributed by atoms with Crippen molar-refractivity contribution in [3.63, 3.8) is 0 Å². The number of anilines is 2. The molecule has 0 radical (unpaired) electrons. The van der Waals surface area contributed by atoms with Crippen LogP contribution in [0.5, 0.6) is 0 Å². The largest absolute Gasteiger partial charge is 0.480 e. The normalized spacial score (nSPS) is 13.5. The summed E-state index contributed by atoms with van der Waals surface area (Å²) < 4.78 is 54.8. The fourth-order valence-electron chi connectivity index (χ4n) is 3.72. The van der Waals surface area contributed by atoms with E-state index in [4.69, 9.17) is 23.2 Å². The Bertz CT molecular complexity index is 1460. The molecule has 8 nitrogen and oxygen atoms in total. The highest BCUT2D eigenvalue weighted by Crippen LogP contribution is 2.37. The molecule has 0 amide bonds. The number of fused-ring (bicyclic) bond motifs is 1. The van der Waals surface area contributed by atoms with Gasteiger partial charge in [-0.1, -0.05) is 41.4 Å². The number of benzene rings is 3. The highest BCUT2D eigenvalue weighted by Gasteiger charge is 2.33. The van der Waals surface area contributed by atoms with E-state index in [1.54, 1.807) is 18.2 Å². The molecule has 1 aliphatic heterocycles. The summed E-state index contributed by atoms with van der Waals surface area (Å²) in [6.07, 6.45) is 0.333. The second kappa shape index (κ2) is 9.10. The zero-order valence-electron chi connectivity index (χ0n) is 17.4. The van der Waals surface area contributed by atoms with E-state index in [0.717, 1.165) is 4.31 Å². The van der Waals surface area contributed by atoms with E-state index in [1.165, 1.54) is 52.8 Å². The lowest BCUT2D eigenvalue weighted by atomic mass is 10.1. The minimum atomic E-state index is -4.34. The molecule has 1 N–H and O–H groups in total. The van der Waals surface area contributed by atoms with Crippen molar-refractivity contribution in [2.24, 2.45) is 0 Å². The van der Waals surface area contributed by atoms with Crippen molar-refractivity contribution in [3.05, 3.63) is 82.3 Å². The predicted molar refractivity (Wildman–Crippen MR) is 130 cm³/mol. The summed E-state index contributed by atoms with van der Waals surface area (Å²) in [6, 6.07) is 16.0. The molecule has 1 aliphatic rings. The molecular weight excluding hydrogens is 523 g/mol. The number of sulfonamides is 2. The van der Waals surface area contributed by atoms with Crippen molar-refractivity contribution in [2.45, 2.75) is 16.2 Å². The maximum atomic E-state index is 13.3. The summed E-state index contributed by atoms with van der Waals surface area (Å²) in [5, 5.41) is 9.55. The number of aliphatic carboxylic acids is 1. The fraction of sp³-hybridized carbons (Fsp3) is 0.136. The number of nitrogens with zero attached hydrogens (tertiary/aromatic N) is 2. The molecule has 0 unspecified atom stereocenters. The monoisotopic (exact) mass is 540 g/mol. The van der Waals surface area contributed by atoms with E-state index in [9.17, 15) is 26.7 Å². The van der Waals surface area contributed by atoms with Crippen LogP contribution in [0.25, 0.3) is 0 Å². The lowest BCUT2D eigenvalue weighted by Crippen LogP contribution is -2.35. The van der Waals surface area contributed by atoms with Gasteiger partial charge in [0.25, 0.3) is 20.0 Å². The molecule has 0 aromatic heterocycles. The molecule has 12 heteroatoms. The Balaban J connectivity index is 1.76. The van der Waals surface area contributed by atoms with Crippen LogP contribution in [0.2, 0.25) is 10.0 Å². The van der Waals surface area contributed by atoms with Crippen molar-refractivity contribution < 1.29 is 26.7 Å². The molecule has 0 atom stereocenters. The zero-order chi connectivity index (χ0) is 24.7. The van der Waals surface area contributed by atoms with Crippen LogP contribution in [-0.2, 0) is 31.3 Å². The molecule has 178 valence electrons. The summed E-state index contributed by atoms with van der Waals surface area (Å²) in [5.74, 6) is -1.37. The summed E-state index contributed by atoms with van der Waals surface area (Å²) in [7, 11) is -8.15. The molecule has 34 heavy (non-hydrogen) atoms. The number of halogens is 2. The molecule has 4 rings (SSSR count). The highest BCUT2D eigenvalue weighted by atomic mass is 35.5. The Morgan fingerprint density at radius 2 is 1.56 bits per heavy atom. The van der Waals surface area contributed by atoms with Gasteiger partial charge in [-0.05, 0) is 60.5 Å². The van der Waals surface area contributed by atoms with Crippen LogP contribution in [0.3, 0.4) is 0 Å². The maximum Gasteiger partial charge on any atom is 0.324 e. The van der Waals surface area contributed by atoms with Gasteiger partial charge in [0, 0.05) is 16.6 Å². The summed E-state index contributed by atoms with van der Waals surface area (Å²) in [5.41, 5.74) is 1.06. The SMILES string of the molecule is O=C(O)CN(c1ccc2c(c1)CCN2S(=O)(=O)c1ccccc1)S(=O)(=O)c1cc(Cl)cc(Cl)c1. The third-order valence-electron chi connectivity index (χ3n) is 5.24. The smallest absolute Gasteiger partial charge is 0.324 e. The average Bonchev–Trinajstić information content (AvgIpc) is 3.21. The Hall–Kier alpha value is -2.79. The van der Waals surface area contributed by atoms with Crippen LogP contribution in [0.1, 0.15) is 5.56 Å². The van der Waals surface area contributed by atoms with Crippen LogP contribution in [0, 0.1) is 0 Å². The first-order valence-electron chi connectivity index (χ1n) is 9.91. The van der Waals surface area contributed by atoms with E-state index in [-0.39, 0.29) is 32.1 Å². The van der Waals surface area contributed by atoms with E-state index >= 15 is 0 Å². The van der Waals surface area contributed by atoms with Gasteiger partial charge in [-0.2, -0.15) is 0 Å². The number of carboxylic acids is 1. The van der Waals surface area contributed by atoms with Crippen molar-refractivity contribution in [2.75, 3.05) is 21.7 Å². The van der Waals surface area contributed by atoms with Crippen LogP contribution in [-0.4, -0.2) is 41.0 Å². The molecule has 1 heterocycles. The molecule has 3 aromatic carbocycles. The Morgan fingerprint density at radius 1 is 0.912 bits per heavy atom. The van der Waals surface area contributed by atoms with Gasteiger partial charge in [0.2, 0.25) is 0 Å². The van der Waals surface area contributed by atoms with Crippen LogP contribution in [0.4, 0.5) is 11.4 Å². The number of carbonyl (C=O) groups is 1. The van der Waals surface area contributed by atoms with E-state index in [1.807, 2.05) is 0 Å². The van der Waals surface area contributed by atoms with Gasteiger partial charge in [-0.25, -0.2) is 16.8 Å². The summed E-state index contributed by atoms with van der Waals surface area (Å²) in [4.78, 5) is 11.4. The number of carboxylic acid groups (broad SMARTS) is 1. The molecule has 0 bridgehead atoms. The van der Waals surface area contributed by atoms with Gasteiger partial charge in [-0.15, -0.1) is 0 Å². The minimum Gasteiger partial charge on any atom is -0.480 e. The van der Waals surface area contributed by atoms with Gasteiger partial charge in [-0.3, -0.25) is 13.4 Å². The van der Waals surface area contributed by atoms with E-state index in [2.05, 4.69) is 0 Å². The van der Waals surface area contributed by atoms with Crippen LogP contribution in [0.15, 0.2) is 76.5 Å². The van der Waals surface area contributed by atoms with Gasteiger partial charge in [0.05, 0.1) is 21.2 Å². The molecule has 3 aromatic rings. The topological polar surface area (TPSA) is 112 Å². The van der Waals surface area contributed by atoms with Crippen LogP contribution >= 0.6 is 23.2 Å². The molecule has 0 saturated heterocycles. The average molecular weight is 541 g/mol. The molecule has 0 aliphatic carbocycles. The van der Waals surface area contributed by atoms with Gasteiger partial charge in [0.15, 0.2) is 0 Å². The maximum absolute atomic E-state index is 13.3. The van der Waals surface area contributed by atoms with Gasteiger partial charge in [0.1, 0.15) is 6.54 Å². The molecule has 0 fully saturated rings. The first-order chi connectivity index (χ1) is 16.0. The predicted octanol–water partition coefficient (Wildman–Crippen LogP) is 4.02. The summed E-state index contributed by atoms with van der Waals surface area (Å²) in [6.45, 7) is -0.678. The molecular formula is C22H18Cl2N2O6S2. The second-order valence-electron chi connectivity index (χ2n) is 7.46. The Morgan fingerprint density at radius 3 is 2.18 bits per heavy atom. The highest BCUT2D eigenvalue weighted by molar-refractivity contribution is 7.93. The summed E-state index contributed by atoms with van der Waals surface area (Å²) >= 11 is 11.9. The fourth-order valence-corrected chi connectivity index (χ4v) is 7.38. The number of rotatable bonds is 7. The molecule has 0 saturated carbocycles. The van der Waals surface area contributed by atoms with Gasteiger partial charge < -0.3 is 5.11 Å². The van der Waals surface area contributed by atoms with Crippen LogP contribution < -0.4 is 8.61 Å². The van der Waals surface area contributed by atoms with E-state index in [0.29, 0.717) is 17.7 Å². The number of hydrogen-bond donors (Lipinski definition) is 1. The third kappa shape index (κ3) is 4.58. The van der Waals surface area contributed by atoms with Crippen molar-refractivity contribution in [3.8, 4) is 0 Å². The van der Waals surface area contributed by atoms with Crippen molar-refractivity contribution >= 4 is 60.6 Å². The Kier molecular flexibility index (Phi) is 6.52. The first-order valence-corrected chi connectivity index (χ1v) is 13.5. The minimum absolute atomic E-state index is 0.0798. The van der Waals surface area contributed by atoms with Crippen molar-refractivity contribution in [1.29, 1.82) is 0 Å². The van der Waals surface area contributed by atoms with E-state index < -0.39 is 32.6 Å². The lowest BCUT2D eigenvalue weighted by molar-refractivity contribution is -0.135. The van der Waals surface area contributed by atoms with Crippen molar-refractivity contribution in [1.82, 2.24) is 0 Å². The molecule has 0 spiro atoms. The standard InChI is InChI=1S/C22H18Cl2N2O6S2/c23-16-11-17(24)13-20(12-16)34(31,32)26(14-22(27)28)18-6-7-21-15(10-18)8-9-25(21)33(29,30)19-4-2-1-3-5-19/h1-7,10-13H,8-9,14H2,(H,27,28). The number of hydrogen-bond acceptors (Lipinski definition) is 5. The lowest BCUT2D eigenvalue weighted by Gasteiger charge is -2.24. The Labute approximate surface area is 207 Å². The quantitative estimate of drug-likeness (QED) is 0.484. The van der Waals surface area contributed by atoms with Gasteiger partial charge >= 0.3 is 5.97 Å². The zero-order valence-corrected chi connectivity index (χ0v) is 20.6. The third-order valence-corrected chi connectivity index (χ3v) is 9.25. The first kappa shape index (κ1) is 24.3. The second-order valence-corrected chi connectivity index (χ2v) is 12.1.